The van der Waals surface area contributed by atoms with Gasteiger partial charge in [-0.05, 0) is 30.7 Å². The number of aliphatic hydroxyl groups is 1. The zero-order valence-electron chi connectivity index (χ0n) is 7.17. The quantitative estimate of drug-likeness (QED) is 0.882. The van der Waals surface area contributed by atoms with Crippen molar-refractivity contribution in [3.05, 3.63) is 32.7 Å². The summed E-state index contributed by atoms with van der Waals surface area (Å²) in [5, 5.41) is 9.33. The Hall–Kier alpha value is 0.1000. The highest BCUT2D eigenvalue weighted by Gasteiger charge is 2.14. The molecule has 0 aliphatic rings. The average molecular weight is 309 g/mol. The van der Waals surface area contributed by atoms with E-state index in [0.29, 0.717) is 0 Å². The van der Waals surface area contributed by atoms with Gasteiger partial charge in [0.05, 0.1) is 12.1 Å². The first kappa shape index (κ1) is 11.2. The van der Waals surface area contributed by atoms with Gasteiger partial charge in [-0.1, -0.05) is 31.9 Å². The maximum Gasteiger partial charge on any atom is 0.0705 e. The maximum atomic E-state index is 9.33. The topological polar surface area (TPSA) is 46.2 Å². The molecule has 0 amide bonds. The molecule has 0 radical (unpaired) electrons. The second-order valence-electron chi connectivity index (χ2n) is 2.93. The van der Waals surface area contributed by atoms with Gasteiger partial charge in [0.1, 0.15) is 0 Å². The summed E-state index contributed by atoms with van der Waals surface area (Å²) in [6.07, 6.45) is -0.550. The molecule has 2 nitrogen and oxygen atoms in total. The number of aliphatic hydroxyl groups excluding tert-OH is 1. The molecule has 13 heavy (non-hydrogen) atoms. The average Bonchev–Trinajstić information content (AvgIpc) is 2.08. The molecule has 1 rings (SSSR count). The zero-order valence-corrected chi connectivity index (χ0v) is 10.3. The van der Waals surface area contributed by atoms with Gasteiger partial charge in [0.25, 0.3) is 0 Å². The van der Waals surface area contributed by atoms with Crippen LogP contribution in [0.4, 0.5) is 0 Å². The SMILES string of the molecule is CC(O)[C@H](N)c1cc(Br)ccc1Br. The van der Waals surface area contributed by atoms with Gasteiger partial charge in [-0.15, -0.1) is 0 Å². The first-order chi connectivity index (χ1) is 6.02. The van der Waals surface area contributed by atoms with E-state index in [4.69, 9.17) is 5.73 Å². The highest BCUT2D eigenvalue weighted by atomic mass is 79.9. The smallest absolute Gasteiger partial charge is 0.0705 e. The summed E-state index contributed by atoms with van der Waals surface area (Å²) in [6.45, 7) is 1.68. The van der Waals surface area contributed by atoms with E-state index in [1.165, 1.54) is 0 Å². The van der Waals surface area contributed by atoms with Crippen LogP contribution in [0.25, 0.3) is 0 Å². The van der Waals surface area contributed by atoms with Crippen LogP contribution in [0.3, 0.4) is 0 Å². The lowest BCUT2D eigenvalue weighted by Gasteiger charge is -2.16. The van der Waals surface area contributed by atoms with Crippen molar-refractivity contribution in [1.29, 1.82) is 0 Å². The minimum atomic E-state index is -0.550. The lowest BCUT2D eigenvalue weighted by Crippen LogP contribution is -2.23. The number of halogens is 2. The third-order valence-corrected chi connectivity index (χ3v) is 3.05. The van der Waals surface area contributed by atoms with Crippen LogP contribution < -0.4 is 5.73 Å². The van der Waals surface area contributed by atoms with Crippen LogP contribution in [0.15, 0.2) is 27.1 Å². The summed E-state index contributed by atoms with van der Waals surface area (Å²) in [5.41, 5.74) is 6.71. The van der Waals surface area contributed by atoms with E-state index in [-0.39, 0.29) is 6.04 Å². The highest BCUT2D eigenvalue weighted by molar-refractivity contribution is 9.11. The van der Waals surface area contributed by atoms with Gasteiger partial charge >= 0.3 is 0 Å². The minimum Gasteiger partial charge on any atom is -0.391 e. The summed E-state index contributed by atoms with van der Waals surface area (Å²) in [7, 11) is 0. The van der Waals surface area contributed by atoms with Crippen molar-refractivity contribution in [2.45, 2.75) is 19.1 Å². The molecule has 0 heterocycles. The predicted molar refractivity (Wildman–Crippen MR) is 60.5 cm³/mol. The van der Waals surface area contributed by atoms with E-state index < -0.39 is 6.10 Å². The van der Waals surface area contributed by atoms with Crippen LogP contribution in [-0.4, -0.2) is 11.2 Å². The van der Waals surface area contributed by atoms with Crippen LogP contribution in [0, 0.1) is 0 Å². The molecule has 0 saturated carbocycles. The molecule has 0 fully saturated rings. The molecule has 72 valence electrons. The standard InChI is InChI=1S/C9H11Br2NO/c1-5(13)9(12)7-4-6(10)2-3-8(7)11/h2-5,9,13H,12H2,1H3/t5?,9-/m0/s1. The fourth-order valence-corrected chi connectivity index (χ4v) is 1.92. The summed E-state index contributed by atoms with van der Waals surface area (Å²) in [4.78, 5) is 0. The maximum absolute atomic E-state index is 9.33. The Kier molecular flexibility index (Phi) is 3.91. The summed E-state index contributed by atoms with van der Waals surface area (Å²) in [5.74, 6) is 0. The largest absolute Gasteiger partial charge is 0.391 e. The van der Waals surface area contributed by atoms with Crippen molar-refractivity contribution in [3.8, 4) is 0 Å². The van der Waals surface area contributed by atoms with Crippen molar-refractivity contribution in [2.24, 2.45) is 5.73 Å². The van der Waals surface area contributed by atoms with Crippen molar-refractivity contribution in [3.63, 3.8) is 0 Å². The Balaban J connectivity index is 3.05. The number of hydrogen-bond acceptors (Lipinski definition) is 2. The van der Waals surface area contributed by atoms with Crippen molar-refractivity contribution >= 4 is 31.9 Å². The summed E-state index contributed by atoms with van der Waals surface area (Å²) < 4.78 is 1.88. The molecule has 0 aromatic heterocycles. The van der Waals surface area contributed by atoms with E-state index in [1.54, 1.807) is 6.92 Å². The summed E-state index contributed by atoms with van der Waals surface area (Å²) >= 11 is 6.74. The van der Waals surface area contributed by atoms with Crippen LogP contribution in [0.1, 0.15) is 18.5 Å². The molecule has 0 aliphatic heterocycles. The molecule has 0 bridgehead atoms. The van der Waals surface area contributed by atoms with E-state index in [2.05, 4.69) is 31.9 Å². The van der Waals surface area contributed by atoms with Crippen LogP contribution in [-0.2, 0) is 0 Å². The Labute approximate surface area is 94.4 Å². The third kappa shape index (κ3) is 2.77. The van der Waals surface area contributed by atoms with E-state index in [0.717, 1.165) is 14.5 Å². The molecular weight excluding hydrogens is 298 g/mol. The third-order valence-electron chi connectivity index (χ3n) is 1.84. The molecule has 3 N–H and O–H groups in total. The molecule has 0 saturated heterocycles. The van der Waals surface area contributed by atoms with Gasteiger partial charge in [-0.2, -0.15) is 0 Å². The zero-order chi connectivity index (χ0) is 10.0. The highest BCUT2D eigenvalue weighted by Crippen LogP contribution is 2.27. The van der Waals surface area contributed by atoms with E-state index >= 15 is 0 Å². The van der Waals surface area contributed by atoms with Gasteiger partial charge in [-0.3, -0.25) is 0 Å². The second kappa shape index (κ2) is 4.55. The van der Waals surface area contributed by atoms with Gasteiger partial charge in [0.15, 0.2) is 0 Å². The van der Waals surface area contributed by atoms with E-state index in [1.807, 2.05) is 18.2 Å². The normalized spacial score (nSPS) is 15.5. The molecular formula is C9H11Br2NO. The number of rotatable bonds is 2. The second-order valence-corrected chi connectivity index (χ2v) is 4.70. The van der Waals surface area contributed by atoms with Crippen LogP contribution in [0.2, 0.25) is 0 Å². The molecule has 1 aromatic carbocycles. The van der Waals surface area contributed by atoms with Gasteiger partial charge in [-0.25, -0.2) is 0 Å². The van der Waals surface area contributed by atoms with Crippen molar-refractivity contribution in [1.82, 2.24) is 0 Å². The van der Waals surface area contributed by atoms with E-state index in [9.17, 15) is 5.11 Å². The van der Waals surface area contributed by atoms with Crippen molar-refractivity contribution in [2.75, 3.05) is 0 Å². The molecule has 1 aromatic rings. The molecule has 2 atom stereocenters. The van der Waals surface area contributed by atoms with Gasteiger partial charge in [0, 0.05) is 8.95 Å². The molecule has 4 heteroatoms. The molecule has 0 aliphatic carbocycles. The van der Waals surface area contributed by atoms with Crippen LogP contribution >= 0.6 is 31.9 Å². The Morgan fingerprint density at radius 3 is 2.54 bits per heavy atom. The minimum absolute atomic E-state index is 0.355. The van der Waals surface area contributed by atoms with Crippen molar-refractivity contribution < 1.29 is 5.11 Å². The fourth-order valence-electron chi connectivity index (χ4n) is 1.03. The first-order valence-corrected chi connectivity index (χ1v) is 5.49. The Morgan fingerprint density at radius 2 is 2.00 bits per heavy atom. The molecule has 0 spiro atoms. The van der Waals surface area contributed by atoms with Gasteiger partial charge in [0.2, 0.25) is 0 Å². The monoisotopic (exact) mass is 307 g/mol. The Morgan fingerprint density at radius 1 is 1.38 bits per heavy atom. The molecule has 1 unspecified atom stereocenters. The van der Waals surface area contributed by atoms with Crippen LogP contribution in [0.5, 0.6) is 0 Å². The number of benzene rings is 1. The fraction of sp³-hybridized carbons (Fsp3) is 0.333. The predicted octanol–water partition coefficient (Wildman–Crippen LogP) is 2.59. The Bertz CT molecular complexity index is 302. The lowest BCUT2D eigenvalue weighted by atomic mass is 10.0. The first-order valence-electron chi connectivity index (χ1n) is 3.91. The number of hydrogen-bond donors (Lipinski definition) is 2. The van der Waals surface area contributed by atoms with Gasteiger partial charge < -0.3 is 10.8 Å². The number of nitrogens with two attached hydrogens (primary N) is 1. The summed E-state index contributed by atoms with van der Waals surface area (Å²) in [6, 6.07) is 5.37. The lowest BCUT2D eigenvalue weighted by molar-refractivity contribution is 0.164.